The van der Waals surface area contributed by atoms with E-state index >= 15 is 0 Å². The van der Waals surface area contributed by atoms with Gasteiger partial charge in [-0.25, -0.2) is 12.8 Å². The molecule has 2 amide bonds. The second-order valence-electron chi connectivity index (χ2n) is 9.10. The van der Waals surface area contributed by atoms with Gasteiger partial charge in [0.2, 0.25) is 11.8 Å². The van der Waals surface area contributed by atoms with E-state index in [0.717, 1.165) is 9.87 Å². The lowest BCUT2D eigenvalue weighted by Gasteiger charge is -2.32. The fraction of sp³-hybridized carbons (Fsp3) is 0.310. The number of amides is 2. The summed E-state index contributed by atoms with van der Waals surface area (Å²) < 4.78 is 48.4. The van der Waals surface area contributed by atoms with E-state index in [2.05, 4.69) is 5.32 Å². The molecule has 0 saturated heterocycles. The molecule has 0 saturated carbocycles. The van der Waals surface area contributed by atoms with E-state index in [1.165, 1.54) is 61.4 Å². The lowest BCUT2D eigenvalue weighted by atomic mass is 10.1. The normalized spacial score (nSPS) is 11.9. The van der Waals surface area contributed by atoms with Crippen LogP contribution in [0.15, 0.2) is 77.7 Å². The number of anilines is 1. The summed E-state index contributed by atoms with van der Waals surface area (Å²) in [6.45, 7) is 4.86. The second kappa shape index (κ2) is 13.2. The molecule has 1 unspecified atom stereocenters. The van der Waals surface area contributed by atoms with Gasteiger partial charge in [-0.05, 0) is 62.7 Å². The van der Waals surface area contributed by atoms with Gasteiger partial charge in [-0.3, -0.25) is 13.9 Å². The van der Waals surface area contributed by atoms with E-state index in [9.17, 15) is 22.4 Å². The fourth-order valence-electron chi connectivity index (χ4n) is 3.90. The highest BCUT2D eigenvalue weighted by Crippen LogP contribution is 2.27. The van der Waals surface area contributed by atoms with E-state index in [1.807, 2.05) is 13.8 Å². The predicted octanol–water partition coefficient (Wildman–Crippen LogP) is 4.28. The monoisotopic (exact) mass is 555 g/mol. The van der Waals surface area contributed by atoms with Crippen LogP contribution in [0.3, 0.4) is 0 Å². The first-order valence-electron chi connectivity index (χ1n) is 12.6. The number of carbonyl (C=O) groups is 2. The van der Waals surface area contributed by atoms with Crippen molar-refractivity contribution in [2.24, 2.45) is 0 Å². The van der Waals surface area contributed by atoms with Crippen LogP contribution in [0.25, 0.3) is 0 Å². The zero-order valence-electron chi connectivity index (χ0n) is 22.6. The quantitative estimate of drug-likeness (QED) is 0.360. The van der Waals surface area contributed by atoms with Crippen molar-refractivity contribution in [1.82, 2.24) is 10.2 Å². The van der Waals surface area contributed by atoms with Crippen LogP contribution in [0, 0.1) is 12.7 Å². The third-order valence-corrected chi connectivity index (χ3v) is 8.05. The standard InChI is InChI=1S/C29H34FN3O5S/c1-5-18-31-29(35)22(3)32(19-23-8-6-7-9-27(23)30)28(34)20-33(24-12-14-25(38-4)15-13-24)39(36,37)26-16-10-21(2)11-17-26/h6-17,22H,5,18-20H2,1-4H3,(H,31,35). The van der Waals surface area contributed by atoms with E-state index in [1.54, 1.807) is 30.3 Å². The molecule has 0 spiro atoms. The molecule has 3 aromatic rings. The van der Waals surface area contributed by atoms with E-state index in [-0.39, 0.29) is 22.7 Å². The Morgan fingerprint density at radius 1 is 1.00 bits per heavy atom. The largest absolute Gasteiger partial charge is 0.497 e. The van der Waals surface area contributed by atoms with Crippen molar-refractivity contribution in [3.63, 3.8) is 0 Å². The number of carbonyl (C=O) groups excluding carboxylic acids is 2. The average Bonchev–Trinajstić information content (AvgIpc) is 2.94. The van der Waals surface area contributed by atoms with Gasteiger partial charge in [0.1, 0.15) is 24.2 Å². The van der Waals surface area contributed by atoms with Gasteiger partial charge in [0, 0.05) is 18.7 Å². The smallest absolute Gasteiger partial charge is 0.264 e. The highest BCUT2D eigenvalue weighted by Gasteiger charge is 2.32. The third kappa shape index (κ3) is 7.35. The van der Waals surface area contributed by atoms with Crippen LogP contribution in [0.5, 0.6) is 5.75 Å². The van der Waals surface area contributed by atoms with Crippen molar-refractivity contribution in [1.29, 1.82) is 0 Å². The first-order chi connectivity index (χ1) is 18.6. The summed E-state index contributed by atoms with van der Waals surface area (Å²) in [5, 5.41) is 2.75. The molecule has 39 heavy (non-hydrogen) atoms. The molecule has 0 radical (unpaired) electrons. The summed E-state index contributed by atoms with van der Waals surface area (Å²) >= 11 is 0. The molecule has 1 N–H and O–H groups in total. The number of halogens is 1. The summed E-state index contributed by atoms with van der Waals surface area (Å²) in [4.78, 5) is 27.9. The number of ether oxygens (including phenoxy) is 1. The molecule has 3 aromatic carbocycles. The molecular formula is C29H34FN3O5S. The highest BCUT2D eigenvalue weighted by atomic mass is 32.2. The molecular weight excluding hydrogens is 521 g/mol. The Kier molecular flexibility index (Phi) is 10.1. The van der Waals surface area contributed by atoms with Crippen molar-refractivity contribution in [2.75, 3.05) is 24.5 Å². The third-order valence-electron chi connectivity index (χ3n) is 6.26. The summed E-state index contributed by atoms with van der Waals surface area (Å²) in [6, 6.07) is 17.5. The summed E-state index contributed by atoms with van der Waals surface area (Å²) in [5.74, 6) is -1.10. The molecule has 3 rings (SSSR count). The van der Waals surface area contributed by atoms with E-state index in [4.69, 9.17) is 4.74 Å². The van der Waals surface area contributed by atoms with Crippen LogP contribution in [0.4, 0.5) is 10.1 Å². The van der Waals surface area contributed by atoms with Crippen LogP contribution >= 0.6 is 0 Å². The van der Waals surface area contributed by atoms with Crippen LogP contribution in [-0.2, 0) is 26.2 Å². The number of nitrogens with zero attached hydrogens (tertiary/aromatic N) is 2. The van der Waals surface area contributed by atoms with Crippen LogP contribution < -0.4 is 14.4 Å². The number of hydrogen-bond donors (Lipinski definition) is 1. The Bertz CT molecular complexity index is 1380. The summed E-state index contributed by atoms with van der Waals surface area (Å²) in [6.07, 6.45) is 0.694. The van der Waals surface area contributed by atoms with Gasteiger partial charge in [-0.15, -0.1) is 0 Å². The summed E-state index contributed by atoms with van der Waals surface area (Å²) in [5.41, 5.74) is 1.32. The second-order valence-corrected chi connectivity index (χ2v) is 11.0. The lowest BCUT2D eigenvalue weighted by molar-refractivity contribution is -0.139. The number of benzene rings is 3. The molecule has 1 atom stereocenters. The Morgan fingerprint density at radius 2 is 1.64 bits per heavy atom. The first kappa shape index (κ1) is 29.6. The molecule has 0 bridgehead atoms. The summed E-state index contributed by atoms with van der Waals surface area (Å²) in [7, 11) is -2.70. The molecule has 0 aliphatic heterocycles. The molecule has 8 nitrogen and oxygen atoms in total. The maximum absolute atomic E-state index is 14.6. The van der Waals surface area contributed by atoms with Gasteiger partial charge in [0.25, 0.3) is 10.0 Å². The van der Waals surface area contributed by atoms with Gasteiger partial charge < -0.3 is 15.0 Å². The van der Waals surface area contributed by atoms with Crippen molar-refractivity contribution in [3.8, 4) is 5.75 Å². The number of nitrogens with one attached hydrogen (secondary N) is 1. The molecule has 0 aromatic heterocycles. The van der Waals surface area contributed by atoms with Crippen LogP contribution in [0.2, 0.25) is 0 Å². The van der Waals surface area contributed by atoms with Gasteiger partial charge in [0.05, 0.1) is 17.7 Å². The number of hydrogen-bond acceptors (Lipinski definition) is 5. The lowest BCUT2D eigenvalue weighted by Crippen LogP contribution is -2.51. The Morgan fingerprint density at radius 3 is 2.23 bits per heavy atom. The maximum atomic E-state index is 14.6. The maximum Gasteiger partial charge on any atom is 0.264 e. The minimum atomic E-state index is -4.19. The van der Waals surface area contributed by atoms with Crippen molar-refractivity contribution < 1.29 is 27.1 Å². The first-order valence-corrected chi connectivity index (χ1v) is 14.1. The molecule has 0 heterocycles. The van der Waals surface area contributed by atoms with Crippen molar-refractivity contribution >= 4 is 27.5 Å². The minimum absolute atomic E-state index is 0.00566. The average molecular weight is 556 g/mol. The zero-order chi connectivity index (χ0) is 28.6. The van der Waals surface area contributed by atoms with E-state index < -0.39 is 40.2 Å². The molecule has 208 valence electrons. The Labute approximate surface area is 229 Å². The minimum Gasteiger partial charge on any atom is -0.497 e. The predicted molar refractivity (Wildman–Crippen MR) is 148 cm³/mol. The molecule has 10 heteroatoms. The molecule has 0 aliphatic rings. The van der Waals surface area contributed by atoms with Crippen molar-refractivity contribution in [3.05, 3.63) is 89.7 Å². The highest BCUT2D eigenvalue weighted by molar-refractivity contribution is 7.92. The number of aryl methyl sites for hydroxylation is 1. The van der Waals surface area contributed by atoms with Crippen LogP contribution in [0.1, 0.15) is 31.4 Å². The number of rotatable bonds is 12. The van der Waals surface area contributed by atoms with Gasteiger partial charge in [-0.1, -0.05) is 42.8 Å². The number of methoxy groups -OCH3 is 1. The van der Waals surface area contributed by atoms with Gasteiger partial charge in [0.15, 0.2) is 0 Å². The zero-order valence-corrected chi connectivity index (χ0v) is 23.4. The Balaban J connectivity index is 2.03. The van der Waals surface area contributed by atoms with Gasteiger partial charge >= 0.3 is 0 Å². The van der Waals surface area contributed by atoms with Crippen molar-refractivity contribution in [2.45, 2.75) is 44.7 Å². The molecule has 0 fully saturated rings. The Hall–Kier alpha value is -3.92. The van der Waals surface area contributed by atoms with Gasteiger partial charge in [-0.2, -0.15) is 0 Å². The fourth-order valence-corrected chi connectivity index (χ4v) is 5.32. The van der Waals surface area contributed by atoms with Crippen LogP contribution in [-0.4, -0.2) is 51.4 Å². The SMILES string of the molecule is CCCNC(=O)C(C)N(Cc1ccccc1F)C(=O)CN(c1ccc(OC)cc1)S(=O)(=O)c1ccc(C)cc1. The topological polar surface area (TPSA) is 96.0 Å². The number of sulfonamides is 1. The van der Waals surface area contributed by atoms with E-state index in [0.29, 0.717) is 18.7 Å². The molecule has 0 aliphatic carbocycles.